The zero-order valence-electron chi connectivity index (χ0n) is 4.59. The van der Waals surface area contributed by atoms with Crippen LogP contribution in [0.15, 0.2) is 12.7 Å². The Labute approximate surface area is 44.1 Å². The fraction of sp³-hybridized carbons (Fsp3) is 0.600. The molecule has 0 saturated heterocycles. The first-order valence-corrected chi connectivity index (χ1v) is 2.12. The minimum atomic E-state index is -0.125. The van der Waals surface area contributed by atoms with Crippen LogP contribution in [0.25, 0.3) is 0 Å². The second-order valence-corrected chi connectivity index (χ2v) is 0.855. The number of aliphatic hydroxyl groups is 2. The van der Waals surface area contributed by atoms with E-state index in [1.807, 2.05) is 6.92 Å². The van der Waals surface area contributed by atoms with Crippen LogP contribution in [0.5, 0.6) is 0 Å². The number of rotatable bonds is 1. The summed E-state index contributed by atoms with van der Waals surface area (Å²) in [6, 6.07) is 0. The van der Waals surface area contributed by atoms with Crippen molar-refractivity contribution in [3.05, 3.63) is 12.7 Å². The molecule has 0 unspecified atom stereocenters. The molecule has 0 aliphatic rings. The average Bonchev–Trinajstić information content (AvgIpc) is 1.69. The number of aliphatic hydroxyl groups excluding tert-OH is 2. The highest BCUT2D eigenvalue weighted by Crippen LogP contribution is 1.39. The summed E-state index contributed by atoms with van der Waals surface area (Å²) >= 11 is 0. The summed E-state index contributed by atoms with van der Waals surface area (Å²) in [5, 5.41) is 15.2. The van der Waals surface area contributed by atoms with Gasteiger partial charge < -0.3 is 10.2 Å². The van der Waals surface area contributed by atoms with Gasteiger partial charge in [-0.3, -0.25) is 0 Å². The van der Waals surface area contributed by atoms with Crippen LogP contribution >= 0.6 is 0 Å². The van der Waals surface area contributed by atoms with E-state index in [0.29, 0.717) is 0 Å². The average molecular weight is 104 g/mol. The summed E-state index contributed by atoms with van der Waals surface area (Å²) in [5.74, 6) is 0. The molecule has 0 aliphatic heterocycles. The maximum atomic E-state index is 7.62. The molecule has 2 nitrogen and oxygen atoms in total. The third-order valence-electron chi connectivity index (χ3n) is 0.1000. The lowest BCUT2D eigenvalue weighted by Gasteiger charge is -1.70. The highest BCUT2D eigenvalue weighted by molar-refractivity contribution is 4.51. The van der Waals surface area contributed by atoms with Gasteiger partial charge in [0.1, 0.15) is 0 Å². The van der Waals surface area contributed by atoms with Crippen molar-refractivity contribution in [1.82, 2.24) is 0 Å². The topological polar surface area (TPSA) is 40.5 Å². The summed E-state index contributed by atoms with van der Waals surface area (Å²) < 4.78 is 0. The van der Waals surface area contributed by atoms with Crippen molar-refractivity contribution >= 4 is 0 Å². The van der Waals surface area contributed by atoms with Crippen molar-refractivity contribution in [3.8, 4) is 0 Å². The lowest BCUT2D eigenvalue weighted by molar-refractivity contribution is 0.186. The van der Waals surface area contributed by atoms with Crippen molar-refractivity contribution in [2.45, 2.75) is 6.92 Å². The van der Waals surface area contributed by atoms with Crippen molar-refractivity contribution in [1.29, 1.82) is 0 Å². The number of allylic oxidation sites excluding steroid dienone is 1. The molecular formula is C5H12O2. The molecule has 0 aliphatic carbocycles. The van der Waals surface area contributed by atoms with Crippen molar-refractivity contribution in [2.24, 2.45) is 0 Å². The number of hydrogen-bond acceptors (Lipinski definition) is 2. The molecule has 0 radical (unpaired) electrons. The summed E-state index contributed by atoms with van der Waals surface area (Å²) in [6.45, 7) is 5.00. The van der Waals surface area contributed by atoms with Gasteiger partial charge in [-0.25, -0.2) is 0 Å². The van der Waals surface area contributed by atoms with E-state index in [-0.39, 0.29) is 13.2 Å². The monoisotopic (exact) mass is 104 g/mol. The Bertz CT molecular complexity index is 25.3. The van der Waals surface area contributed by atoms with Gasteiger partial charge in [0.25, 0.3) is 0 Å². The van der Waals surface area contributed by atoms with E-state index in [9.17, 15) is 0 Å². The molecule has 2 N–H and O–H groups in total. The van der Waals surface area contributed by atoms with Gasteiger partial charge in [-0.1, -0.05) is 6.08 Å². The summed E-state index contributed by atoms with van der Waals surface area (Å²) in [5.41, 5.74) is 0. The molecule has 0 bridgehead atoms. The summed E-state index contributed by atoms with van der Waals surface area (Å²) in [7, 11) is 0. The predicted molar refractivity (Wildman–Crippen MR) is 30.0 cm³/mol. The first-order valence-electron chi connectivity index (χ1n) is 2.12. The maximum absolute atomic E-state index is 7.62. The van der Waals surface area contributed by atoms with Crippen LogP contribution in [0.4, 0.5) is 0 Å². The van der Waals surface area contributed by atoms with Crippen LogP contribution in [0.3, 0.4) is 0 Å². The van der Waals surface area contributed by atoms with Crippen LogP contribution in [0.2, 0.25) is 0 Å². The van der Waals surface area contributed by atoms with E-state index in [4.69, 9.17) is 10.2 Å². The molecule has 0 aromatic rings. The largest absolute Gasteiger partial charge is 0.394 e. The van der Waals surface area contributed by atoms with E-state index >= 15 is 0 Å². The smallest absolute Gasteiger partial charge is 0.0662 e. The van der Waals surface area contributed by atoms with E-state index in [1.165, 1.54) is 0 Å². The van der Waals surface area contributed by atoms with Crippen LogP contribution in [0, 0.1) is 0 Å². The van der Waals surface area contributed by atoms with Gasteiger partial charge in [0.2, 0.25) is 0 Å². The Morgan fingerprint density at radius 3 is 1.57 bits per heavy atom. The van der Waals surface area contributed by atoms with Crippen molar-refractivity contribution < 1.29 is 10.2 Å². The molecular weight excluding hydrogens is 92.1 g/mol. The predicted octanol–water partition coefficient (Wildman–Crippen LogP) is 0.163. The normalized spacial score (nSPS) is 6.14. The van der Waals surface area contributed by atoms with Gasteiger partial charge in [-0.15, -0.1) is 6.58 Å². The van der Waals surface area contributed by atoms with Crippen LogP contribution in [0.1, 0.15) is 6.92 Å². The molecule has 0 spiro atoms. The molecule has 0 amide bonds. The molecule has 0 fully saturated rings. The lowest BCUT2D eigenvalue weighted by Crippen LogP contribution is -1.85. The molecule has 44 valence electrons. The second kappa shape index (κ2) is 17.4. The molecule has 0 saturated carbocycles. The van der Waals surface area contributed by atoms with E-state index in [2.05, 4.69) is 6.58 Å². The van der Waals surface area contributed by atoms with Crippen LogP contribution < -0.4 is 0 Å². The maximum Gasteiger partial charge on any atom is 0.0662 e. The van der Waals surface area contributed by atoms with E-state index in [0.717, 1.165) is 0 Å². The van der Waals surface area contributed by atoms with E-state index in [1.54, 1.807) is 6.08 Å². The quantitative estimate of drug-likeness (QED) is 0.465. The molecule has 0 aromatic heterocycles. The zero-order chi connectivity index (χ0) is 6.12. The first kappa shape index (κ1) is 9.83. The van der Waals surface area contributed by atoms with Crippen LogP contribution in [-0.2, 0) is 0 Å². The Kier molecular flexibility index (Phi) is 24.4. The van der Waals surface area contributed by atoms with Gasteiger partial charge in [-0.2, -0.15) is 0 Å². The van der Waals surface area contributed by atoms with Crippen molar-refractivity contribution in [2.75, 3.05) is 13.2 Å². The number of hydrogen-bond donors (Lipinski definition) is 2. The highest BCUT2D eigenvalue weighted by atomic mass is 16.3. The summed E-state index contributed by atoms with van der Waals surface area (Å²) in [6.07, 6.45) is 1.75. The fourth-order valence-electron chi connectivity index (χ4n) is 0. The van der Waals surface area contributed by atoms with Crippen molar-refractivity contribution in [3.63, 3.8) is 0 Å². The van der Waals surface area contributed by atoms with Gasteiger partial charge in [0.15, 0.2) is 0 Å². The zero-order valence-corrected chi connectivity index (χ0v) is 4.59. The lowest BCUT2D eigenvalue weighted by atomic mass is 10.8. The summed E-state index contributed by atoms with van der Waals surface area (Å²) in [4.78, 5) is 0. The molecule has 2 heteroatoms. The highest BCUT2D eigenvalue weighted by Gasteiger charge is 1.58. The Balaban J connectivity index is 0. The van der Waals surface area contributed by atoms with Gasteiger partial charge >= 0.3 is 0 Å². The fourth-order valence-corrected chi connectivity index (χ4v) is 0. The molecule has 0 atom stereocenters. The minimum absolute atomic E-state index is 0.125. The van der Waals surface area contributed by atoms with Gasteiger partial charge in [0.05, 0.1) is 13.2 Å². The van der Waals surface area contributed by atoms with Crippen LogP contribution in [-0.4, -0.2) is 23.4 Å². The Morgan fingerprint density at radius 2 is 1.57 bits per heavy atom. The molecule has 0 heterocycles. The van der Waals surface area contributed by atoms with E-state index < -0.39 is 0 Å². The Morgan fingerprint density at radius 1 is 1.43 bits per heavy atom. The van der Waals surface area contributed by atoms with Gasteiger partial charge in [-0.05, 0) is 6.92 Å². The minimum Gasteiger partial charge on any atom is -0.394 e. The second-order valence-electron chi connectivity index (χ2n) is 0.855. The molecule has 0 rings (SSSR count). The Hall–Kier alpha value is -0.340. The molecule has 7 heavy (non-hydrogen) atoms. The third kappa shape index (κ3) is 174. The SMILES string of the molecule is C=CC.OCCO. The standard InChI is InChI=1S/C3H6.C2H6O2/c1-3-2;3-1-2-4/h3H,1H2,2H3;3-4H,1-2H2. The molecule has 0 aromatic carbocycles. The first-order chi connectivity index (χ1) is 3.33. The third-order valence-corrected chi connectivity index (χ3v) is 0.1000. The van der Waals surface area contributed by atoms with Gasteiger partial charge in [0, 0.05) is 0 Å².